The van der Waals surface area contributed by atoms with Crippen LogP contribution in [0.4, 0.5) is 5.69 Å². The highest BCUT2D eigenvalue weighted by Crippen LogP contribution is 2.45. The first kappa shape index (κ1) is 16.7. The lowest BCUT2D eigenvalue weighted by Crippen LogP contribution is -2.38. The van der Waals surface area contributed by atoms with Gasteiger partial charge >= 0.3 is 7.59 Å². The summed E-state index contributed by atoms with van der Waals surface area (Å²) < 4.78 is 20.7. The molecule has 1 aliphatic heterocycles. The molecule has 1 saturated heterocycles. The lowest BCUT2D eigenvalue weighted by atomic mass is 10.2. The largest absolute Gasteiger partial charge is 0.379 e. The van der Waals surface area contributed by atoms with Crippen molar-refractivity contribution in [2.24, 2.45) is 5.10 Å². The molecule has 2 aromatic rings. The van der Waals surface area contributed by atoms with Crippen LogP contribution in [-0.2, 0) is 9.30 Å². The molecule has 0 amide bonds. The van der Waals surface area contributed by atoms with Crippen molar-refractivity contribution < 1.29 is 9.30 Å². The van der Waals surface area contributed by atoms with Crippen molar-refractivity contribution in [3.63, 3.8) is 0 Å². The van der Waals surface area contributed by atoms with Crippen molar-refractivity contribution in [2.45, 2.75) is 0 Å². The van der Waals surface area contributed by atoms with E-state index < -0.39 is 7.59 Å². The topological polar surface area (TPSA) is 66.0 Å². The van der Waals surface area contributed by atoms with Crippen molar-refractivity contribution in [1.29, 1.82) is 0 Å². The first-order valence-electron chi connectivity index (χ1n) is 7.88. The van der Waals surface area contributed by atoms with Crippen LogP contribution in [0.3, 0.4) is 0 Å². The van der Waals surface area contributed by atoms with Gasteiger partial charge in [-0.15, -0.1) is 0 Å². The molecule has 1 fully saturated rings. The SMILES string of the molecule is O=P(N/N=C/c1ccccc1)(Nc1ccccc1)N1CCOCC1. The van der Waals surface area contributed by atoms with Crippen LogP contribution >= 0.6 is 7.59 Å². The average Bonchev–Trinajstić information content (AvgIpc) is 2.64. The predicted molar refractivity (Wildman–Crippen MR) is 97.2 cm³/mol. The average molecular weight is 344 g/mol. The number of hydrogen-bond acceptors (Lipinski definition) is 3. The van der Waals surface area contributed by atoms with Gasteiger partial charge in [-0.05, 0) is 17.7 Å². The number of para-hydroxylation sites is 1. The van der Waals surface area contributed by atoms with Gasteiger partial charge in [-0.3, -0.25) is 4.57 Å². The van der Waals surface area contributed by atoms with Crippen LogP contribution < -0.4 is 10.3 Å². The second-order valence-corrected chi connectivity index (χ2v) is 7.53. The van der Waals surface area contributed by atoms with E-state index in [0.29, 0.717) is 26.3 Å². The maximum Gasteiger partial charge on any atom is 0.346 e. The Labute approximate surface area is 142 Å². The normalized spacial score (nSPS) is 18.2. The van der Waals surface area contributed by atoms with Gasteiger partial charge in [0.1, 0.15) is 0 Å². The minimum Gasteiger partial charge on any atom is -0.379 e. The number of morpholine rings is 1. The van der Waals surface area contributed by atoms with Crippen LogP contribution in [0.5, 0.6) is 0 Å². The fourth-order valence-electron chi connectivity index (χ4n) is 2.40. The van der Waals surface area contributed by atoms with E-state index in [0.717, 1.165) is 11.3 Å². The van der Waals surface area contributed by atoms with Gasteiger partial charge in [0.2, 0.25) is 0 Å². The second-order valence-electron chi connectivity index (χ2n) is 5.39. The van der Waals surface area contributed by atoms with Crippen LogP contribution in [0, 0.1) is 0 Å². The van der Waals surface area contributed by atoms with E-state index in [1.165, 1.54) is 0 Å². The zero-order chi connectivity index (χ0) is 16.7. The van der Waals surface area contributed by atoms with E-state index in [2.05, 4.69) is 15.4 Å². The number of hydrazone groups is 1. The minimum atomic E-state index is -3.10. The summed E-state index contributed by atoms with van der Waals surface area (Å²) in [5.74, 6) is 0. The lowest BCUT2D eigenvalue weighted by molar-refractivity contribution is 0.0717. The van der Waals surface area contributed by atoms with Gasteiger partial charge in [-0.1, -0.05) is 48.5 Å². The van der Waals surface area contributed by atoms with Gasteiger partial charge in [0, 0.05) is 18.8 Å². The standard InChI is InChI=1S/C17H21N4O2P/c22-24(21-11-13-23-14-12-21,19-17-9-5-2-6-10-17)20-18-15-16-7-3-1-4-8-16/h1-10,15H,11-14H2,(H2,19,20,22)/b18-15+. The van der Waals surface area contributed by atoms with Crippen LogP contribution in [0.2, 0.25) is 0 Å². The smallest absolute Gasteiger partial charge is 0.346 e. The van der Waals surface area contributed by atoms with Crippen molar-refractivity contribution >= 4 is 19.5 Å². The van der Waals surface area contributed by atoms with Crippen molar-refractivity contribution in [3.8, 4) is 0 Å². The highest BCUT2D eigenvalue weighted by Gasteiger charge is 2.32. The predicted octanol–water partition coefficient (Wildman–Crippen LogP) is 3.16. The fourth-order valence-corrected chi connectivity index (χ4v) is 4.16. The van der Waals surface area contributed by atoms with E-state index in [4.69, 9.17) is 4.74 Å². The monoisotopic (exact) mass is 344 g/mol. The maximum absolute atomic E-state index is 13.5. The van der Waals surface area contributed by atoms with E-state index in [1.54, 1.807) is 6.21 Å². The Bertz CT molecular complexity index is 703. The van der Waals surface area contributed by atoms with Gasteiger partial charge in [-0.2, -0.15) is 5.10 Å². The summed E-state index contributed by atoms with van der Waals surface area (Å²) in [5, 5.41) is 10.2. The number of anilines is 1. The molecular weight excluding hydrogens is 323 g/mol. The van der Waals surface area contributed by atoms with Gasteiger partial charge in [0.15, 0.2) is 0 Å². The fraction of sp³-hybridized carbons (Fsp3) is 0.235. The van der Waals surface area contributed by atoms with E-state index >= 15 is 0 Å². The van der Waals surface area contributed by atoms with Crippen LogP contribution in [0.1, 0.15) is 5.56 Å². The van der Waals surface area contributed by atoms with Gasteiger partial charge in [0.05, 0.1) is 19.4 Å². The first-order valence-corrected chi connectivity index (χ1v) is 9.54. The molecule has 126 valence electrons. The highest BCUT2D eigenvalue weighted by molar-refractivity contribution is 7.61. The van der Waals surface area contributed by atoms with Crippen LogP contribution in [0.15, 0.2) is 65.8 Å². The van der Waals surface area contributed by atoms with Crippen LogP contribution in [-0.4, -0.2) is 37.2 Å². The number of nitrogens with one attached hydrogen (secondary N) is 2. The van der Waals surface area contributed by atoms with Crippen LogP contribution in [0.25, 0.3) is 0 Å². The molecule has 1 atom stereocenters. The Balaban J connectivity index is 1.76. The summed E-state index contributed by atoms with van der Waals surface area (Å²) in [6.45, 7) is 2.30. The summed E-state index contributed by atoms with van der Waals surface area (Å²) in [6.07, 6.45) is 1.67. The van der Waals surface area contributed by atoms with Gasteiger partial charge in [0.25, 0.3) is 0 Å². The van der Waals surface area contributed by atoms with E-state index in [1.807, 2.05) is 65.3 Å². The number of nitrogens with zero attached hydrogens (tertiary/aromatic N) is 2. The number of ether oxygens (including phenoxy) is 1. The molecule has 0 bridgehead atoms. The molecule has 2 aromatic carbocycles. The van der Waals surface area contributed by atoms with Gasteiger partial charge in [-0.25, -0.2) is 9.87 Å². The van der Waals surface area contributed by atoms with Crippen molar-refractivity contribution in [3.05, 3.63) is 66.2 Å². The third-order valence-corrected chi connectivity index (χ3v) is 5.79. The Morgan fingerprint density at radius 3 is 2.29 bits per heavy atom. The molecule has 24 heavy (non-hydrogen) atoms. The molecule has 2 N–H and O–H groups in total. The molecule has 7 heteroatoms. The molecular formula is C17H21N4O2P. The third kappa shape index (κ3) is 4.45. The molecule has 6 nitrogen and oxygen atoms in total. The quantitative estimate of drug-likeness (QED) is 0.479. The molecule has 1 unspecified atom stereocenters. The zero-order valence-corrected chi connectivity index (χ0v) is 14.2. The zero-order valence-electron chi connectivity index (χ0n) is 13.3. The molecule has 0 spiro atoms. The summed E-state index contributed by atoms with van der Waals surface area (Å²) >= 11 is 0. The summed E-state index contributed by atoms with van der Waals surface area (Å²) in [7, 11) is -3.10. The first-order chi connectivity index (χ1) is 11.8. The van der Waals surface area contributed by atoms with Gasteiger partial charge < -0.3 is 9.82 Å². The minimum absolute atomic E-state index is 0.560. The Morgan fingerprint density at radius 2 is 1.62 bits per heavy atom. The van der Waals surface area contributed by atoms with E-state index in [9.17, 15) is 4.57 Å². The third-order valence-electron chi connectivity index (χ3n) is 3.65. The number of rotatable bonds is 6. The molecule has 0 saturated carbocycles. The lowest BCUT2D eigenvalue weighted by Gasteiger charge is -2.33. The summed E-state index contributed by atoms with van der Waals surface area (Å²) in [6, 6.07) is 19.2. The van der Waals surface area contributed by atoms with Crippen molar-refractivity contribution in [1.82, 2.24) is 9.87 Å². The molecule has 1 aliphatic rings. The Morgan fingerprint density at radius 1 is 1.00 bits per heavy atom. The maximum atomic E-state index is 13.5. The van der Waals surface area contributed by atoms with Crippen molar-refractivity contribution in [2.75, 3.05) is 31.4 Å². The number of benzene rings is 2. The molecule has 1 heterocycles. The van der Waals surface area contributed by atoms with E-state index in [-0.39, 0.29) is 0 Å². The summed E-state index contributed by atoms with van der Waals surface area (Å²) in [4.78, 5) is 0. The highest BCUT2D eigenvalue weighted by atomic mass is 31.2. The summed E-state index contributed by atoms with van der Waals surface area (Å²) in [5.41, 5.74) is 1.73. The molecule has 0 radical (unpaired) electrons. The Hall–Kier alpha value is -2.14. The Kier molecular flexibility index (Phi) is 5.64. The second kappa shape index (κ2) is 8.11. The molecule has 3 rings (SSSR count). The number of hydrogen-bond donors (Lipinski definition) is 2. The molecule has 0 aliphatic carbocycles. The molecule has 0 aromatic heterocycles.